The van der Waals surface area contributed by atoms with E-state index in [4.69, 9.17) is 0 Å². The van der Waals surface area contributed by atoms with Gasteiger partial charge >= 0.3 is 0 Å². The van der Waals surface area contributed by atoms with Crippen LogP contribution in [0.25, 0.3) is 49.7 Å². The summed E-state index contributed by atoms with van der Waals surface area (Å²) in [5, 5.41) is 2.52. The molecule has 3 aliphatic rings. The molecule has 0 saturated heterocycles. The van der Waals surface area contributed by atoms with Gasteiger partial charge < -0.3 is 9.47 Å². The lowest BCUT2D eigenvalue weighted by Crippen LogP contribution is -2.47. The van der Waals surface area contributed by atoms with Crippen LogP contribution in [0, 0.1) is 5.92 Å². The third-order valence-corrected chi connectivity index (χ3v) is 15.7. The third-order valence-electron chi connectivity index (χ3n) is 15.7. The van der Waals surface area contributed by atoms with E-state index >= 15 is 0 Å². The standard InChI is InChI=1S/C68H48N2/c1-4-21-47(22-5-1)48-23-18-29-54(45-48)69(52-41-43-53(44-42-52)70-64-39-16-11-32-57(64)58-33-12-17-40-65(58)70)55-30-19-28-51(46-55)67(49-24-6-2-7-25-49)61-36-14-15-37-62(61)68(50-26-8-3-9-27-50)60-35-13-10-31-56(60)59-34-20-38-63(67)66(59)68/h1-27,29-46,51H,28H2. The van der Waals surface area contributed by atoms with E-state index in [1.165, 1.54) is 83.0 Å². The van der Waals surface area contributed by atoms with Crippen LogP contribution in [-0.2, 0) is 10.8 Å². The number of hydrogen-bond donors (Lipinski definition) is 0. The topological polar surface area (TPSA) is 8.17 Å². The van der Waals surface area contributed by atoms with Crippen molar-refractivity contribution in [3.8, 4) is 27.9 Å². The van der Waals surface area contributed by atoms with E-state index in [0.717, 1.165) is 29.2 Å². The molecule has 0 saturated carbocycles. The fraction of sp³-hybridized carbons (Fsp3) is 0.0588. The summed E-state index contributed by atoms with van der Waals surface area (Å²) in [7, 11) is 0. The van der Waals surface area contributed by atoms with Crippen LogP contribution in [0.3, 0.4) is 0 Å². The summed E-state index contributed by atoms with van der Waals surface area (Å²) in [5.41, 5.74) is 20.3. The lowest BCUT2D eigenvalue weighted by atomic mass is 9.49. The molecule has 1 heterocycles. The molecule has 330 valence electrons. The average Bonchev–Trinajstić information content (AvgIpc) is 3.94. The molecule has 0 aliphatic heterocycles. The van der Waals surface area contributed by atoms with Crippen LogP contribution in [0.5, 0.6) is 0 Å². The van der Waals surface area contributed by atoms with Gasteiger partial charge in [-0.3, -0.25) is 0 Å². The highest BCUT2D eigenvalue weighted by atomic mass is 15.1. The first-order chi connectivity index (χ1) is 34.7. The highest BCUT2D eigenvalue weighted by Crippen LogP contribution is 2.66. The number of nitrogens with zero attached hydrogens (tertiary/aromatic N) is 2. The zero-order valence-corrected chi connectivity index (χ0v) is 38.7. The number of para-hydroxylation sites is 2. The second kappa shape index (κ2) is 15.9. The molecular formula is C68H48N2. The summed E-state index contributed by atoms with van der Waals surface area (Å²) in [5.74, 6) is 0.0386. The molecule has 0 fully saturated rings. The van der Waals surface area contributed by atoms with Crippen molar-refractivity contribution in [2.75, 3.05) is 4.90 Å². The maximum atomic E-state index is 2.61. The molecule has 0 radical (unpaired) electrons. The van der Waals surface area contributed by atoms with Gasteiger partial charge in [-0.05, 0) is 122 Å². The predicted octanol–water partition coefficient (Wildman–Crippen LogP) is 16.8. The molecule has 3 unspecified atom stereocenters. The first kappa shape index (κ1) is 40.4. The molecule has 10 aromatic carbocycles. The van der Waals surface area contributed by atoms with Crippen LogP contribution in [0.15, 0.2) is 279 Å². The predicted molar refractivity (Wildman–Crippen MR) is 290 cm³/mol. The van der Waals surface area contributed by atoms with Crippen molar-refractivity contribution in [1.29, 1.82) is 0 Å². The Balaban J connectivity index is 1.00. The summed E-state index contributed by atoms with van der Waals surface area (Å²) < 4.78 is 2.40. The molecule has 14 rings (SSSR count). The lowest BCUT2D eigenvalue weighted by molar-refractivity contribution is 0.421. The molecule has 11 aromatic rings. The Morgan fingerprint density at radius 2 is 0.971 bits per heavy atom. The highest BCUT2D eigenvalue weighted by Gasteiger charge is 2.58. The van der Waals surface area contributed by atoms with Crippen LogP contribution < -0.4 is 4.90 Å². The van der Waals surface area contributed by atoms with Crippen molar-refractivity contribution in [3.63, 3.8) is 0 Å². The van der Waals surface area contributed by atoms with Crippen molar-refractivity contribution in [2.24, 2.45) is 5.92 Å². The molecule has 0 N–H and O–H groups in total. The Kier molecular flexibility index (Phi) is 9.19. The molecule has 3 aliphatic carbocycles. The Morgan fingerprint density at radius 1 is 0.414 bits per heavy atom. The molecule has 0 spiro atoms. The number of allylic oxidation sites excluding steroid dienone is 3. The molecule has 3 atom stereocenters. The maximum absolute atomic E-state index is 2.61. The minimum atomic E-state index is -0.544. The smallest absolute Gasteiger partial charge is 0.0719 e. The van der Waals surface area contributed by atoms with E-state index in [0.29, 0.717) is 0 Å². The Hall–Kier alpha value is -8.72. The second-order valence-electron chi connectivity index (χ2n) is 19.1. The van der Waals surface area contributed by atoms with Gasteiger partial charge in [-0.25, -0.2) is 0 Å². The van der Waals surface area contributed by atoms with E-state index in [1.807, 2.05) is 0 Å². The summed E-state index contributed by atoms with van der Waals surface area (Å²) >= 11 is 0. The fourth-order valence-electron chi connectivity index (χ4n) is 13.0. The van der Waals surface area contributed by atoms with Crippen LogP contribution in [-0.4, -0.2) is 4.57 Å². The molecular weight excluding hydrogens is 845 g/mol. The van der Waals surface area contributed by atoms with Gasteiger partial charge in [0.15, 0.2) is 0 Å². The second-order valence-corrected chi connectivity index (χ2v) is 19.1. The SMILES string of the molecule is C1=CC(N(c2ccc(-n3c4ccccc4c4ccccc43)cc2)c2cccc(-c3ccccc3)c2)=CC(C2(c3ccccc3)c3ccccc3C3(c4ccccc4)c4ccccc4-c4cccc2c43)C1. The van der Waals surface area contributed by atoms with Gasteiger partial charge in [0.2, 0.25) is 0 Å². The maximum Gasteiger partial charge on any atom is 0.0719 e. The summed E-state index contributed by atoms with van der Waals surface area (Å²) in [4.78, 5) is 2.48. The summed E-state index contributed by atoms with van der Waals surface area (Å²) in [6.45, 7) is 0. The normalized spacial score (nSPS) is 18.5. The van der Waals surface area contributed by atoms with Crippen LogP contribution in [0.4, 0.5) is 11.4 Å². The number of rotatable bonds is 8. The van der Waals surface area contributed by atoms with Crippen LogP contribution in [0.1, 0.15) is 45.4 Å². The van der Waals surface area contributed by atoms with Gasteiger partial charge in [0.1, 0.15) is 0 Å². The van der Waals surface area contributed by atoms with Crippen molar-refractivity contribution in [1.82, 2.24) is 4.57 Å². The Morgan fingerprint density at radius 3 is 1.70 bits per heavy atom. The first-order valence-electron chi connectivity index (χ1n) is 24.6. The highest BCUT2D eigenvalue weighted by molar-refractivity contribution is 6.09. The van der Waals surface area contributed by atoms with Gasteiger partial charge in [0.25, 0.3) is 0 Å². The van der Waals surface area contributed by atoms with Crippen LogP contribution >= 0.6 is 0 Å². The molecule has 0 amide bonds. The van der Waals surface area contributed by atoms with E-state index in [9.17, 15) is 0 Å². The minimum absolute atomic E-state index is 0.0386. The number of anilines is 2. The average molecular weight is 893 g/mol. The largest absolute Gasteiger partial charge is 0.311 e. The zero-order valence-electron chi connectivity index (χ0n) is 38.7. The third kappa shape index (κ3) is 5.74. The molecule has 1 aromatic heterocycles. The number of aromatic nitrogens is 1. The first-order valence-corrected chi connectivity index (χ1v) is 24.6. The van der Waals surface area contributed by atoms with Gasteiger partial charge in [-0.2, -0.15) is 0 Å². The van der Waals surface area contributed by atoms with E-state index in [1.54, 1.807) is 0 Å². The molecule has 0 bridgehead atoms. The van der Waals surface area contributed by atoms with E-state index in [-0.39, 0.29) is 5.92 Å². The molecule has 70 heavy (non-hydrogen) atoms. The van der Waals surface area contributed by atoms with Crippen molar-refractivity contribution in [2.45, 2.75) is 17.3 Å². The Bertz CT molecular complexity index is 3810. The summed E-state index contributed by atoms with van der Waals surface area (Å²) in [6, 6.07) is 95.0. The Labute approximate surface area is 409 Å². The van der Waals surface area contributed by atoms with Gasteiger partial charge in [0.05, 0.1) is 21.9 Å². The monoisotopic (exact) mass is 892 g/mol. The van der Waals surface area contributed by atoms with Gasteiger partial charge in [-0.1, -0.05) is 218 Å². The minimum Gasteiger partial charge on any atom is -0.311 e. The van der Waals surface area contributed by atoms with Gasteiger partial charge in [-0.15, -0.1) is 0 Å². The molecule has 2 heteroatoms. The lowest BCUT2D eigenvalue weighted by Gasteiger charge is -2.52. The van der Waals surface area contributed by atoms with E-state index < -0.39 is 10.8 Å². The quantitative estimate of drug-likeness (QED) is 0.148. The van der Waals surface area contributed by atoms with E-state index in [2.05, 4.69) is 282 Å². The number of hydrogen-bond acceptors (Lipinski definition) is 1. The molecule has 2 nitrogen and oxygen atoms in total. The zero-order chi connectivity index (χ0) is 46.2. The van der Waals surface area contributed by atoms with Gasteiger partial charge in [0, 0.05) is 39.4 Å². The number of fused-ring (bicyclic) bond motifs is 8. The van der Waals surface area contributed by atoms with Crippen molar-refractivity contribution >= 4 is 33.2 Å². The van der Waals surface area contributed by atoms with Crippen molar-refractivity contribution < 1.29 is 0 Å². The van der Waals surface area contributed by atoms with Crippen molar-refractivity contribution in [3.05, 3.63) is 318 Å². The summed E-state index contributed by atoms with van der Waals surface area (Å²) in [6.07, 6.45) is 8.27. The fourth-order valence-corrected chi connectivity index (χ4v) is 13.0. The number of benzene rings is 10. The van der Waals surface area contributed by atoms with Crippen LogP contribution in [0.2, 0.25) is 0 Å².